The first-order valence-corrected chi connectivity index (χ1v) is 4.36. The Hall–Kier alpha value is -1.12. The van der Waals surface area contributed by atoms with Crippen LogP contribution in [-0.2, 0) is 9.53 Å². The maximum atomic E-state index is 11.0. The second-order valence-corrected chi connectivity index (χ2v) is 2.86. The third-order valence-corrected chi connectivity index (χ3v) is 1.93. The van der Waals surface area contributed by atoms with Crippen molar-refractivity contribution in [3.8, 4) is 0 Å². The minimum atomic E-state index is -0.279. The lowest BCUT2D eigenvalue weighted by atomic mass is 10.1. The number of methoxy groups -OCH3 is 1. The predicted molar refractivity (Wildman–Crippen MR) is 54.0 cm³/mol. The Balaban J connectivity index is 4.08. The van der Waals surface area contributed by atoms with Crippen molar-refractivity contribution in [3.63, 3.8) is 0 Å². The zero-order valence-electron chi connectivity index (χ0n) is 8.54. The molecule has 0 fully saturated rings. The summed E-state index contributed by atoms with van der Waals surface area (Å²) in [5.74, 6) is -0.279. The molecular formula is C10H17NO2. The zero-order chi connectivity index (χ0) is 10.3. The van der Waals surface area contributed by atoms with E-state index in [1.165, 1.54) is 7.11 Å². The molecule has 0 aliphatic heterocycles. The number of aliphatic imine (C=N–C) groups is 1. The number of hydrogen-bond acceptors (Lipinski definition) is 3. The molecule has 0 aromatic rings. The average molecular weight is 183 g/mol. The Kier molecular flexibility index (Phi) is 5.85. The fourth-order valence-corrected chi connectivity index (χ4v) is 0.927. The molecule has 0 bridgehead atoms. The Bertz CT molecular complexity index is 209. The first-order valence-electron chi connectivity index (χ1n) is 4.36. The van der Waals surface area contributed by atoms with E-state index in [0.717, 1.165) is 12.8 Å². The summed E-state index contributed by atoms with van der Waals surface area (Å²) in [5, 5.41) is 0. The molecule has 1 unspecified atom stereocenters. The molecule has 1 atom stereocenters. The van der Waals surface area contributed by atoms with E-state index in [0.29, 0.717) is 5.57 Å². The molecule has 0 spiro atoms. The molecule has 0 rings (SSSR count). The van der Waals surface area contributed by atoms with Gasteiger partial charge in [0.1, 0.15) is 0 Å². The summed E-state index contributed by atoms with van der Waals surface area (Å²) in [4.78, 5) is 14.9. The van der Waals surface area contributed by atoms with E-state index in [9.17, 15) is 4.79 Å². The van der Waals surface area contributed by atoms with Crippen LogP contribution in [0.25, 0.3) is 0 Å². The molecule has 0 saturated heterocycles. The van der Waals surface area contributed by atoms with E-state index in [1.807, 2.05) is 13.0 Å². The summed E-state index contributed by atoms with van der Waals surface area (Å²) in [6, 6.07) is 0.208. The van der Waals surface area contributed by atoms with E-state index in [2.05, 4.69) is 16.4 Å². The molecule has 0 radical (unpaired) electrons. The van der Waals surface area contributed by atoms with Crippen LogP contribution in [-0.4, -0.2) is 25.8 Å². The molecule has 13 heavy (non-hydrogen) atoms. The third-order valence-electron chi connectivity index (χ3n) is 1.93. The number of carbonyl (C=O) groups excluding carboxylic acids is 1. The normalized spacial score (nSPS) is 13.6. The highest BCUT2D eigenvalue weighted by Gasteiger charge is 2.04. The van der Waals surface area contributed by atoms with Gasteiger partial charge in [-0.2, -0.15) is 0 Å². The number of ether oxygens (including phenoxy) is 1. The largest absolute Gasteiger partial charge is 0.466 e. The quantitative estimate of drug-likeness (QED) is 0.371. The van der Waals surface area contributed by atoms with Crippen molar-refractivity contribution in [2.45, 2.75) is 32.7 Å². The smallest absolute Gasteiger partial charge is 0.333 e. The minimum absolute atomic E-state index is 0.208. The van der Waals surface area contributed by atoms with E-state index in [4.69, 9.17) is 0 Å². The standard InChI is InChI=1S/C10H17NO2/c1-5-9(11-3)7-6-8(2)10(12)13-4/h6,9H,3,5,7H2,1-2,4H3/b8-6+. The van der Waals surface area contributed by atoms with E-state index >= 15 is 0 Å². The average Bonchev–Trinajstić information content (AvgIpc) is 2.17. The van der Waals surface area contributed by atoms with Gasteiger partial charge in [-0.25, -0.2) is 4.79 Å². The van der Waals surface area contributed by atoms with Crippen LogP contribution in [0.3, 0.4) is 0 Å². The molecule has 0 amide bonds. The van der Waals surface area contributed by atoms with E-state index < -0.39 is 0 Å². The molecule has 0 aromatic heterocycles. The van der Waals surface area contributed by atoms with Crippen molar-refractivity contribution < 1.29 is 9.53 Å². The molecule has 0 saturated carbocycles. The van der Waals surface area contributed by atoms with Crippen molar-refractivity contribution in [2.24, 2.45) is 4.99 Å². The number of carbonyl (C=O) groups is 1. The second kappa shape index (κ2) is 6.40. The first kappa shape index (κ1) is 11.9. The Morgan fingerprint density at radius 1 is 1.69 bits per heavy atom. The molecule has 74 valence electrons. The summed E-state index contributed by atoms with van der Waals surface area (Å²) in [6.45, 7) is 7.26. The zero-order valence-corrected chi connectivity index (χ0v) is 8.54. The lowest BCUT2D eigenvalue weighted by molar-refractivity contribution is -0.136. The van der Waals surface area contributed by atoms with E-state index in [-0.39, 0.29) is 12.0 Å². The Labute approximate surface area is 79.5 Å². The summed E-state index contributed by atoms with van der Waals surface area (Å²) in [6.07, 6.45) is 3.53. The highest BCUT2D eigenvalue weighted by Crippen LogP contribution is 2.06. The van der Waals surface area contributed by atoms with Crippen LogP contribution in [0.5, 0.6) is 0 Å². The SMILES string of the molecule is C=NC(CC)C/C=C(\C)C(=O)OC. The summed E-state index contributed by atoms with van der Waals surface area (Å²) < 4.78 is 4.56. The summed E-state index contributed by atoms with van der Waals surface area (Å²) in [7, 11) is 1.38. The monoisotopic (exact) mass is 183 g/mol. The topological polar surface area (TPSA) is 38.7 Å². The highest BCUT2D eigenvalue weighted by atomic mass is 16.5. The van der Waals surface area contributed by atoms with Gasteiger partial charge < -0.3 is 4.74 Å². The van der Waals surface area contributed by atoms with Gasteiger partial charge in [-0.15, -0.1) is 0 Å². The molecule has 0 aromatic carbocycles. The Morgan fingerprint density at radius 2 is 2.31 bits per heavy atom. The molecular weight excluding hydrogens is 166 g/mol. The molecule has 0 aliphatic carbocycles. The lowest BCUT2D eigenvalue weighted by Gasteiger charge is -2.05. The van der Waals surface area contributed by atoms with Crippen molar-refractivity contribution in [2.75, 3.05) is 7.11 Å². The van der Waals surface area contributed by atoms with Gasteiger partial charge in [-0.05, 0) is 26.5 Å². The second-order valence-electron chi connectivity index (χ2n) is 2.86. The van der Waals surface area contributed by atoms with Crippen molar-refractivity contribution in [1.29, 1.82) is 0 Å². The first-order chi connectivity index (χ1) is 6.15. The van der Waals surface area contributed by atoms with Gasteiger partial charge in [-0.3, -0.25) is 4.99 Å². The van der Waals surface area contributed by atoms with Gasteiger partial charge in [-0.1, -0.05) is 13.0 Å². The van der Waals surface area contributed by atoms with Crippen molar-refractivity contribution in [1.82, 2.24) is 0 Å². The van der Waals surface area contributed by atoms with Crippen LogP contribution in [0.15, 0.2) is 16.6 Å². The fourth-order valence-electron chi connectivity index (χ4n) is 0.927. The minimum Gasteiger partial charge on any atom is -0.466 e. The highest BCUT2D eigenvalue weighted by molar-refractivity contribution is 5.87. The van der Waals surface area contributed by atoms with Gasteiger partial charge >= 0.3 is 5.97 Å². The number of esters is 1. The van der Waals surface area contributed by atoms with Crippen LogP contribution in [0.4, 0.5) is 0 Å². The molecule has 3 heteroatoms. The predicted octanol–water partition coefficient (Wildman–Crippen LogP) is 1.98. The van der Waals surface area contributed by atoms with Crippen LogP contribution in [0.2, 0.25) is 0 Å². The third kappa shape index (κ3) is 4.45. The van der Waals surface area contributed by atoms with Gasteiger partial charge in [0.25, 0.3) is 0 Å². The lowest BCUT2D eigenvalue weighted by Crippen LogP contribution is -2.04. The number of nitrogens with zero attached hydrogens (tertiary/aromatic N) is 1. The maximum Gasteiger partial charge on any atom is 0.333 e. The number of rotatable bonds is 5. The molecule has 0 N–H and O–H groups in total. The molecule has 0 heterocycles. The van der Waals surface area contributed by atoms with Crippen molar-refractivity contribution in [3.05, 3.63) is 11.6 Å². The van der Waals surface area contributed by atoms with Crippen LogP contribution >= 0.6 is 0 Å². The Morgan fingerprint density at radius 3 is 2.69 bits per heavy atom. The van der Waals surface area contributed by atoms with Crippen LogP contribution in [0.1, 0.15) is 26.7 Å². The fraction of sp³-hybridized carbons (Fsp3) is 0.600. The summed E-state index contributed by atoms with van der Waals surface area (Å²) >= 11 is 0. The van der Waals surface area contributed by atoms with Crippen molar-refractivity contribution >= 4 is 12.7 Å². The van der Waals surface area contributed by atoms with Crippen LogP contribution in [0, 0.1) is 0 Å². The number of hydrogen-bond donors (Lipinski definition) is 0. The van der Waals surface area contributed by atoms with Crippen LogP contribution < -0.4 is 0 Å². The summed E-state index contributed by atoms with van der Waals surface area (Å²) in [5.41, 5.74) is 0.629. The maximum absolute atomic E-state index is 11.0. The van der Waals surface area contributed by atoms with E-state index in [1.54, 1.807) is 6.92 Å². The molecule has 0 aliphatic rings. The van der Waals surface area contributed by atoms with Gasteiger partial charge in [0.05, 0.1) is 13.2 Å². The van der Waals surface area contributed by atoms with Gasteiger partial charge in [0.2, 0.25) is 0 Å². The van der Waals surface area contributed by atoms with Gasteiger partial charge in [0.15, 0.2) is 0 Å². The molecule has 3 nitrogen and oxygen atoms in total. The van der Waals surface area contributed by atoms with Gasteiger partial charge in [0, 0.05) is 5.57 Å².